The number of aromatic nitrogens is 4. The Labute approximate surface area is 235 Å². The topological polar surface area (TPSA) is 143 Å². The van der Waals surface area contributed by atoms with Gasteiger partial charge in [-0.2, -0.15) is 4.98 Å². The van der Waals surface area contributed by atoms with Crippen molar-refractivity contribution in [3.63, 3.8) is 0 Å². The standard InChI is InChI=1S/C26H29BrN8O3S/c1-15-12-21(22(38-2)13-17(15)16-6-8-28-9-7-16)33-26-31-14-18(27)25(34-26)32-20-5-4-19-23(30-11-10-29-19)24(20)35-39(3,36)37/h4-5,10-14,16,28,35H,6-9H2,1-3H3,(H2,31,32,33,34). The Morgan fingerprint density at radius 3 is 2.56 bits per heavy atom. The number of hydrogen-bond donors (Lipinski definition) is 4. The first-order chi connectivity index (χ1) is 18.7. The highest BCUT2D eigenvalue weighted by molar-refractivity contribution is 9.10. The number of halogens is 1. The maximum atomic E-state index is 12.1. The first-order valence-corrected chi connectivity index (χ1v) is 15.1. The Bertz CT molecular complexity index is 1630. The van der Waals surface area contributed by atoms with Crippen molar-refractivity contribution in [2.24, 2.45) is 0 Å². The van der Waals surface area contributed by atoms with E-state index in [4.69, 9.17) is 4.74 Å². The van der Waals surface area contributed by atoms with Gasteiger partial charge < -0.3 is 20.7 Å². The van der Waals surface area contributed by atoms with Crippen molar-refractivity contribution in [2.75, 3.05) is 41.8 Å². The van der Waals surface area contributed by atoms with Crippen LogP contribution in [0.25, 0.3) is 11.0 Å². The van der Waals surface area contributed by atoms with Crippen LogP contribution in [0, 0.1) is 6.92 Å². The van der Waals surface area contributed by atoms with Crippen LogP contribution in [0.4, 0.5) is 28.8 Å². The van der Waals surface area contributed by atoms with Gasteiger partial charge in [0.25, 0.3) is 0 Å². The Kier molecular flexibility index (Phi) is 7.82. The van der Waals surface area contributed by atoms with Gasteiger partial charge in [0.05, 0.1) is 40.4 Å². The monoisotopic (exact) mass is 612 g/mol. The summed E-state index contributed by atoms with van der Waals surface area (Å²) in [4.78, 5) is 17.7. The summed E-state index contributed by atoms with van der Waals surface area (Å²) in [5.74, 6) is 1.97. The molecule has 5 rings (SSSR count). The summed E-state index contributed by atoms with van der Waals surface area (Å²) in [5.41, 5.74) is 4.91. The Morgan fingerprint density at radius 2 is 1.82 bits per heavy atom. The zero-order valence-electron chi connectivity index (χ0n) is 21.7. The van der Waals surface area contributed by atoms with Crippen LogP contribution in [0.3, 0.4) is 0 Å². The molecule has 0 aliphatic carbocycles. The molecule has 39 heavy (non-hydrogen) atoms. The summed E-state index contributed by atoms with van der Waals surface area (Å²) < 4.78 is 33.1. The summed E-state index contributed by atoms with van der Waals surface area (Å²) in [6.45, 7) is 4.14. The lowest BCUT2D eigenvalue weighted by Crippen LogP contribution is -2.27. The van der Waals surface area contributed by atoms with E-state index in [1.807, 2.05) is 0 Å². The van der Waals surface area contributed by atoms with Gasteiger partial charge in [-0.15, -0.1) is 0 Å². The highest BCUT2D eigenvalue weighted by Crippen LogP contribution is 2.37. The number of sulfonamides is 1. The van der Waals surface area contributed by atoms with Crippen molar-refractivity contribution in [3.05, 3.63) is 58.5 Å². The van der Waals surface area contributed by atoms with E-state index in [-0.39, 0.29) is 5.69 Å². The molecule has 0 spiro atoms. The second kappa shape index (κ2) is 11.3. The highest BCUT2D eigenvalue weighted by atomic mass is 79.9. The molecule has 0 unspecified atom stereocenters. The smallest absolute Gasteiger partial charge is 0.229 e. The molecule has 13 heteroatoms. The summed E-state index contributed by atoms with van der Waals surface area (Å²) in [5, 5.41) is 9.90. The van der Waals surface area contributed by atoms with Gasteiger partial charge in [-0.1, -0.05) is 0 Å². The predicted octanol–water partition coefficient (Wildman–Crippen LogP) is 4.83. The fraction of sp³-hybridized carbons (Fsp3) is 0.308. The second-order valence-electron chi connectivity index (χ2n) is 9.36. The molecule has 1 aliphatic heterocycles. The van der Waals surface area contributed by atoms with E-state index in [0.717, 1.165) is 37.9 Å². The van der Waals surface area contributed by atoms with Crippen molar-refractivity contribution in [3.8, 4) is 5.75 Å². The van der Waals surface area contributed by atoms with Gasteiger partial charge in [-0.3, -0.25) is 14.7 Å². The summed E-state index contributed by atoms with van der Waals surface area (Å²) in [7, 11) is -1.95. The molecule has 4 N–H and O–H groups in total. The molecule has 1 fully saturated rings. The zero-order chi connectivity index (χ0) is 27.6. The molecule has 1 aliphatic rings. The van der Waals surface area contributed by atoms with Crippen molar-refractivity contribution < 1.29 is 13.2 Å². The summed E-state index contributed by atoms with van der Waals surface area (Å²) >= 11 is 3.49. The quantitative estimate of drug-likeness (QED) is 0.218. The predicted molar refractivity (Wildman–Crippen MR) is 157 cm³/mol. The minimum atomic E-state index is -3.60. The number of nitrogens with zero attached hydrogens (tertiary/aromatic N) is 4. The third-order valence-electron chi connectivity index (χ3n) is 6.54. The minimum Gasteiger partial charge on any atom is -0.495 e. The number of nitrogens with one attached hydrogen (secondary N) is 4. The van der Waals surface area contributed by atoms with Crippen molar-refractivity contribution in [2.45, 2.75) is 25.7 Å². The van der Waals surface area contributed by atoms with Crippen LogP contribution in [0.1, 0.15) is 29.9 Å². The molecule has 0 radical (unpaired) electrons. The molecular weight excluding hydrogens is 584 g/mol. The molecule has 0 amide bonds. The Balaban J connectivity index is 1.46. The fourth-order valence-corrected chi connectivity index (χ4v) is 5.60. The van der Waals surface area contributed by atoms with E-state index in [1.54, 1.807) is 31.6 Å². The Morgan fingerprint density at radius 1 is 1.05 bits per heavy atom. The van der Waals surface area contributed by atoms with Crippen LogP contribution in [0.2, 0.25) is 0 Å². The molecule has 2 aromatic carbocycles. The molecular formula is C26H29BrN8O3S. The van der Waals surface area contributed by atoms with E-state index in [1.165, 1.54) is 17.3 Å². The van der Waals surface area contributed by atoms with Crippen LogP contribution in [0.5, 0.6) is 5.75 Å². The number of methoxy groups -OCH3 is 1. The maximum absolute atomic E-state index is 12.1. The number of rotatable bonds is 8. The fourth-order valence-electron chi connectivity index (χ4n) is 4.74. The maximum Gasteiger partial charge on any atom is 0.229 e. The van der Waals surface area contributed by atoms with Gasteiger partial charge >= 0.3 is 0 Å². The zero-order valence-corrected chi connectivity index (χ0v) is 24.1. The summed E-state index contributed by atoms with van der Waals surface area (Å²) in [6, 6.07) is 7.64. The first-order valence-electron chi connectivity index (χ1n) is 12.4. The molecule has 2 aromatic heterocycles. The molecule has 0 atom stereocenters. The van der Waals surface area contributed by atoms with Crippen LogP contribution in [-0.2, 0) is 10.0 Å². The van der Waals surface area contributed by atoms with Gasteiger partial charge in [0.2, 0.25) is 16.0 Å². The van der Waals surface area contributed by atoms with Crippen LogP contribution >= 0.6 is 15.9 Å². The molecule has 0 bridgehead atoms. The van der Waals surface area contributed by atoms with E-state index < -0.39 is 10.0 Å². The van der Waals surface area contributed by atoms with Crippen molar-refractivity contribution in [1.82, 2.24) is 25.3 Å². The Hall–Kier alpha value is -3.55. The second-order valence-corrected chi connectivity index (χ2v) is 12.0. The highest BCUT2D eigenvalue weighted by Gasteiger charge is 2.20. The minimum absolute atomic E-state index is 0.272. The molecule has 204 valence electrons. The van der Waals surface area contributed by atoms with E-state index in [9.17, 15) is 8.42 Å². The van der Waals surface area contributed by atoms with E-state index in [2.05, 4.69) is 75.6 Å². The lowest BCUT2D eigenvalue weighted by atomic mass is 9.87. The number of piperidine rings is 1. The molecule has 11 nitrogen and oxygen atoms in total. The van der Waals surface area contributed by atoms with Crippen LogP contribution in [0.15, 0.2) is 47.3 Å². The molecule has 3 heterocycles. The summed E-state index contributed by atoms with van der Waals surface area (Å²) in [6.07, 6.45) is 7.95. The SMILES string of the molecule is COc1cc(C2CCNCC2)c(C)cc1Nc1ncc(Br)c(Nc2ccc3nccnc3c2NS(C)(=O)=O)n1. The van der Waals surface area contributed by atoms with Crippen molar-refractivity contribution >= 4 is 65.8 Å². The average Bonchev–Trinajstić information content (AvgIpc) is 2.92. The number of fused-ring (bicyclic) bond motifs is 1. The van der Waals surface area contributed by atoms with Crippen molar-refractivity contribution in [1.29, 1.82) is 0 Å². The largest absolute Gasteiger partial charge is 0.495 e. The number of hydrogen-bond acceptors (Lipinski definition) is 10. The third-order valence-corrected chi connectivity index (χ3v) is 7.69. The molecule has 1 saturated heterocycles. The van der Waals surface area contributed by atoms with Gasteiger partial charge in [0.15, 0.2) is 0 Å². The normalized spacial score (nSPS) is 14.3. The number of anilines is 5. The van der Waals surface area contributed by atoms with Crippen LogP contribution < -0.4 is 25.4 Å². The molecule has 4 aromatic rings. The van der Waals surface area contributed by atoms with Gasteiger partial charge in [-0.25, -0.2) is 13.4 Å². The lowest BCUT2D eigenvalue weighted by molar-refractivity contribution is 0.413. The van der Waals surface area contributed by atoms with Crippen LogP contribution in [-0.4, -0.2) is 54.8 Å². The molecule has 0 saturated carbocycles. The van der Waals surface area contributed by atoms with E-state index >= 15 is 0 Å². The lowest BCUT2D eigenvalue weighted by Gasteiger charge is -2.25. The third kappa shape index (κ3) is 6.21. The van der Waals surface area contributed by atoms with Gasteiger partial charge in [0.1, 0.15) is 17.1 Å². The average molecular weight is 614 g/mol. The van der Waals surface area contributed by atoms with E-state index in [0.29, 0.717) is 44.6 Å². The number of aryl methyl sites for hydroxylation is 1. The number of benzene rings is 2. The van der Waals surface area contributed by atoms with Gasteiger partial charge in [-0.05, 0) is 90.1 Å². The number of ether oxygens (including phenoxy) is 1. The van der Waals surface area contributed by atoms with Gasteiger partial charge in [0, 0.05) is 18.6 Å². The first kappa shape index (κ1) is 27.0.